The molecule has 7 heteroatoms. The number of aliphatic hydroxyl groups excluding tert-OH is 1. The lowest BCUT2D eigenvalue weighted by Gasteiger charge is -2.11. The van der Waals surface area contributed by atoms with E-state index in [1.165, 1.54) is 11.6 Å². The number of H-pyrrole nitrogens is 1. The van der Waals surface area contributed by atoms with Gasteiger partial charge in [-0.25, -0.2) is 4.79 Å². The molecule has 1 aromatic heterocycles. The highest BCUT2D eigenvalue weighted by atomic mass is 16.3. The van der Waals surface area contributed by atoms with Crippen LogP contribution in [0.15, 0.2) is 9.59 Å². The monoisotopic (exact) mass is 256 g/mol. The zero-order chi connectivity index (χ0) is 13.7. The van der Waals surface area contributed by atoms with Gasteiger partial charge in [0.15, 0.2) is 0 Å². The standard InChI is InChI=1S/C11H20N4O3/c1-7(6-16)4-3-5-13-8-9(12)15(2)11(18)14-10(8)17/h7,13,16H,3-6,12H2,1-2H3,(H,14,17,18). The molecule has 1 rings (SSSR count). The molecule has 0 aliphatic rings. The largest absolute Gasteiger partial charge is 0.396 e. The van der Waals surface area contributed by atoms with Gasteiger partial charge in [0.05, 0.1) is 0 Å². The maximum atomic E-state index is 11.5. The summed E-state index contributed by atoms with van der Waals surface area (Å²) in [6.45, 7) is 2.67. The van der Waals surface area contributed by atoms with Crippen LogP contribution in [-0.2, 0) is 7.05 Å². The number of hydrogen-bond donors (Lipinski definition) is 4. The molecule has 18 heavy (non-hydrogen) atoms. The fourth-order valence-corrected chi connectivity index (χ4v) is 1.56. The molecule has 1 heterocycles. The summed E-state index contributed by atoms with van der Waals surface area (Å²) in [6.07, 6.45) is 1.66. The Bertz CT molecular complexity index is 506. The first kappa shape index (κ1) is 14.3. The van der Waals surface area contributed by atoms with Gasteiger partial charge in [-0.2, -0.15) is 0 Å². The second kappa shape index (κ2) is 6.25. The van der Waals surface area contributed by atoms with Crippen LogP contribution < -0.4 is 22.3 Å². The van der Waals surface area contributed by atoms with Gasteiger partial charge in [0.1, 0.15) is 11.5 Å². The first-order valence-corrected chi connectivity index (χ1v) is 5.90. The van der Waals surface area contributed by atoms with E-state index in [1.807, 2.05) is 6.92 Å². The second-order valence-electron chi connectivity index (χ2n) is 4.44. The number of hydrogen-bond acceptors (Lipinski definition) is 5. The van der Waals surface area contributed by atoms with Crippen molar-refractivity contribution in [3.63, 3.8) is 0 Å². The molecule has 1 aromatic rings. The lowest BCUT2D eigenvalue weighted by molar-refractivity contribution is 0.229. The smallest absolute Gasteiger partial charge is 0.329 e. The van der Waals surface area contributed by atoms with Crippen LogP contribution in [0.2, 0.25) is 0 Å². The topological polar surface area (TPSA) is 113 Å². The second-order valence-corrected chi connectivity index (χ2v) is 4.44. The summed E-state index contributed by atoms with van der Waals surface area (Å²) in [5.74, 6) is 0.363. The Balaban J connectivity index is 2.66. The maximum Gasteiger partial charge on any atom is 0.329 e. The van der Waals surface area contributed by atoms with E-state index in [4.69, 9.17) is 10.8 Å². The average molecular weight is 256 g/mol. The number of nitrogen functional groups attached to an aromatic ring is 1. The first-order chi connectivity index (χ1) is 8.47. The molecule has 0 aliphatic heterocycles. The Labute approximate surface area is 105 Å². The van der Waals surface area contributed by atoms with Crippen LogP contribution in [0.3, 0.4) is 0 Å². The van der Waals surface area contributed by atoms with Crippen molar-refractivity contribution in [2.45, 2.75) is 19.8 Å². The molecule has 102 valence electrons. The van der Waals surface area contributed by atoms with E-state index < -0.39 is 11.2 Å². The highest BCUT2D eigenvalue weighted by Gasteiger charge is 2.09. The van der Waals surface area contributed by atoms with Crippen LogP contribution in [0.4, 0.5) is 11.5 Å². The van der Waals surface area contributed by atoms with Gasteiger partial charge in [-0.15, -0.1) is 0 Å². The molecular formula is C11H20N4O3. The number of anilines is 2. The van der Waals surface area contributed by atoms with Crippen molar-refractivity contribution in [1.29, 1.82) is 0 Å². The fourth-order valence-electron chi connectivity index (χ4n) is 1.56. The lowest BCUT2D eigenvalue weighted by Crippen LogP contribution is -2.32. The zero-order valence-corrected chi connectivity index (χ0v) is 10.7. The fraction of sp³-hybridized carbons (Fsp3) is 0.636. The van der Waals surface area contributed by atoms with E-state index in [0.717, 1.165) is 12.8 Å². The molecule has 1 atom stereocenters. The van der Waals surface area contributed by atoms with Gasteiger partial charge in [-0.05, 0) is 18.8 Å². The van der Waals surface area contributed by atoms with E-state index in [-0.39, 0.29) is 24.0 Å². The van der Waals surface area contributed by atoms with Gasteiger partial charge in [0.25, 0.3) is 5.56 Å². The molecule has 5 N–H and O–H groups in total. The van der Waals surface area contributed by atoms with Crippen molar-refractivity contribution < 1.29 is 5.11 Å². The van der Waals surface area contributed by atoms with Crippen molar-refractivity contribution in [2.24, 2.45) is 13.0 Å². The number of nitrogens with one attached hydrogen (secondary N) is 2. The van der Waals surface area contributed by atoms with Crippen molar-refractivity contribution >= 4 is 11.5 Å². The summed E-state index contributed by atoms with van der Waals surface area (Å²) in [4.78, 5) is 25.0. The molecule has 0 saturated carbocycles. The van der Waals surface area contributed by atoms with E-state index in [0.29, 0.717) is 6.54 Å². The van der Waals surface area contributed by atoms with Crippen molar-refractivity contribution in [1.82, 2.24) is 9.55 Å². The number of aliphatic hydroxyl groups is 1. The zero-order valence-electron chi connectivity index (χ0n) is 10.7. The Morgan fingerprint density at radius 2 is 2.17 bits per heavy atom. The van der Waals surface area contributed by atoms with Gasteiger partial charge in [0, 0.05) is 20.2 Å². The van der Waals surface area contributed by atoms with Crippen LogP contribution >= 0.6 is 0 Å². The Morgan fingerprint density at radius 1 is 1.50 bits per heavy atom. The summed E-state index contributed by atoms with van der Waals surface area (Å²) in [5.41, 5.74) is 4.87. The predicted molar refractivity (Wildman–Crippen MR) is 70.7 cm³/mol. The van der Waals surface area contributed by atoms with Crippen LogP contribution in [0, 0.1) is 5.92 Å². The third-order valence-corrected chi connectivity index (χ3v) is 2.86. The summed E-state index contributed by atoms with van der Waals surface area (Å²) in [6, 6.07) is 0. The number of nitrogens with two attached hydrogens (primary N) is 1. The third-order valence-electron chi connectivity index (χ3n) is 2.86. The minimum absolute atomic E-state index is 0.124. The molecule has 1 unspecified atom stereocenters. The summed E-state index contributed by atoms with van der Waals surface area (Å²) >= 11 is 0. The highest BCUT2D eigenvalue weighted by molar-refractivity contribution is 5.60. The third kappa shape index (κ3) is 3.36. The van der Waals surface area contributed by atoms with Gasteiger partial charge < -0.3 is 16.2 Å². The number of aromatic amines is 1. The van der Waals surface area contributed by atoms with Crippen LogP contribution in [0.5, 0.6) is 0 Å². The molecule has 0 aromatic carbocycles. The van der Waals surface area contributed by atoms with Crippen LogP contribution in [0.1, 0.15) is 19.8 Å². The Hall–Kier alpha value is -1.76. The van der Waals surface area contributed by atoms with Crippen molar-refractivity contribution in [3.05, 3.63) is 20.8 Å². The van der Waals surface area contributed by atoms with Gasteiger partial charge in [0.2, 0.25) is 0 Å². The molecule has 0 spiro atoms. The number of rotatable bonds is 6. The average Bonchev–Trinajstić information content (AvgIpc) is 2.34. The SMILES string of the molecule is CC(CO)CCCNc1c(N)n(C)c(=O)[nH]c1=O. The summed E-state index contributed by atoms with van der Waals surface area (Å²) in [5, 5.41) is 11.8. The van der Waals surface area contributed by atoms with Gasteiger partial charge >= 0.3 is 5.69 Å². The maximum absolute atomic E-state index is 11.5. The lowest BCUT2D eigenvalue weighted by atomic mass is 10.1. The van der Waals surface area contributed by atoms with Crippen LogP contribution in [0.25, 0.3) is 0 Å². The molecule has 0 fully saturated rings. The van der Waals surface area contributed by atoms with Crippen LogP contribution in [-0.4, -0.2) is 27.8 Å². The van der Waals surface area contributed by atoms with E-state index in [9.17, 15) is 9.59 Å². The van der Waals surface area contributed by atoms with Crippen molar-refractivity contribution in [2.75, 3.05) is 24.2 Å². The quantitative estimate of drug-likeness (QED) is 0.511. The first-order valence-electron chi connectivity index (χ1n) is 5.90. The molecular weight excluding hydrogens is 236 g/mol. The van der Waals surface area contributed by atoms with Gasteiger partial charge in [-0.1, -0.05) is 6.92 Å². The molecule has 7 nitrogen and oxygen atoms in total. The van der Waals surface area contributed by atoms with Gasteiger partial charge in [-0.3, -0.25) is 14.3 Å². The normalized spacial score (nSPS) is 12.4. The van der Waals surface area contributed by atoms with E-state index >= 15 is 0 Å². The Kier molecular flexibility index (Phi) is 4.96. The van der Waals surface area contributed by atoms with E-state index in [2.05, 4.69) is 10.3 Å². The highest BCUT2D eigenvalue weighted by Crippen LogP contribution is 2.09. The molecule has 0 radical (unpaired) electrons. The van der Waals surface area contributed by atoms with Crippen molar-refractivity contribution in [3.8, 4) is 0 Å². The molecule has 0 aliphatic carbocycles. The summed E-state index contributed by atoms with van der Waals surface area (Å²) in [7, 11) is 1.49. The summed E-state index contributed by atoms with van der Waals surface area (Å²) < 4.78 is 1.18. The molecule has 0 saturated heterocycles. The molecule has 0 bridgehead atoms. The Morgan fingerprint density at radius 3 is 2.78 bits per heavy atom. The van der Waals surface area contributed by atoms with E-state index in [1.54, 1.807) is 0 Å². The minimum atomic E-state index is -0.531. The molecule has 0 amide bonds. The predicted octanol–water partition coefficient (Wildman–Crippen LogP) is -0.524. The number of aromatic nitrogens is 2. The number of nitrogens with zero attached hydrogens (tertiary/aromatic N) is 1. The minimum Gasteiger partial charge on any atom is -0.396 e.